The van der Waals surface area contributed by atoms with E-state index in [0.717, 1.165) is 17.5 Å². The van der Waals surface area contributed by atoms with Crippen molar-refractivity contribution in [3.05, 3.63) is 42.2 Å². The first-order valence-corrected chi connectivity index (χ1v) is 12.2. The normalized spacial score (nSPS) is 13.2. The number of aromatic nitrogens is 4. The molecule has 0 aliphatic carbocycles. The second-order valence-corrected chi connectivity index (χ2v) is 9.19. The Balaban J connectivity index is 1.91. The van der Waals surface area contributed by atoms with Gasteiger partial charge >= 0.3 is 12.1 Å². The molecule has 15 heteroatoms. The number of hydrogen-bond acceptors (Lipinski definition) is 10. The highest BCUT2D eigenvalue weighted by molar-refractivity contribution is 7.98. The highest BCUT2D eigenvalue weighted by atomic mass is 32.2. The first-order chi connectivity index (χ1) is 17.6. The molecule has 3 atom stereocenters. The number of tetrazole rings is 1. The predicted molar refractivity (Wildman–Crippen MR) is 131 cm³/mol. The molecule has 2 rings (SSSR count). The molecule has 1 heterocycles. The number of rotatable bonds is 14. The van der Waals surface area contributed by atoms with E-state index in [-0.39, 0.29) is 18.3 Å². The van der Waals surface area contributed by atoms with Gasteiger partial charge < -0.3 is 25.8 Å². The predicted octanol–water partition coefficient (Wildman–Crippen LogP) is 0.154. The minimum absolute atomic E-state index is 0.0165. The Kier molecular flexibility index (Phi) is 11.5. The maximum Gasteiger partial charge on any atom is 0.408 e. The van der Waals surface area contributed by atoms with Gasteiger partial charge in [0.2, 0.25) is 11.8 Å². The fourth-order valence-corrected chi connectivity index (χ4v) is 3.61. The lowest BCUT2D eigenvalue weighted by Gasteiger charge is -2.24. The van der Waals surface area contributed by atoms with Gasteiger partial charge in [0.1, 0.15) is 18.7 Å². The lowest BCUT2D eigenvalue weighted by molar-refractivity contribution is -0.140. The van der Waals surface area contributed by atoms with Gasteiger partial charge in [-0.3, -0.25) is 19.2 Å². The lowest BCUT2D eigenvalue weighted by atomic mass is 10.0. The van der Waals surface area contributed by atoms with E-state index in [1.165, 1.54) is 17.3 Å². The van der Waals surface area contributed by atoms with Gasteiger partial charge in [-0.15, -0.1) is 5.10 Å². The van der Waals surface area contributed by atoms with E-state index in [4.69, 9.17) is 9.84 Å². The van der Waals surface area contributed by atoms with E-state index in [1.54, 1.807) is 38.1 Å². The summed E-state index contributed by atoms with van der Waals surface area (Å²) in [4.78, 5) is 61.4. The van der Waals surface area contributed by atoms with Gasteiger partial charge in [-0.25, -0.2) is 4.79 Å². The van der Waals surface area contributed by atoms with Gasteiger partial charge in [-0.05, 0) is 40.8 Å². The van der Waals surface area contributed by atoms with E-state index < -0.39 is 54.2 Å². The topological polar surface area (TPSA) is 194 Å². The summed E-state index contributed by atoms with van der Waals surface area (Å²) >= 11 is 0.917. The average Bonchev–Trinajstić information content (AvgIpc) is 3.38. The summed E-state index contributed by atoms with van der Waals surface area (Å²) < 4.78 is 6.37. The number of alkyl carbamates (subject to hydrolysis) is 1. The molecule has 0 radical (unpaired) electrons. The maximum atomic E-state index is 12.8. The SMILES string of the molecule is CC(C)[C@H](NC(=O)OCc1ccccc1)C(=O)N[C@@H](C)C(=O)N[C@@H](CC(=O)O)C(=O)CSn1cnnn1. The average molecular weight is 536 g/mol. The van der Waals surface area contributed by atoms with Gasteiger partial charge in [-0.2, -0.15) is 4.09 Å². The Morgan fingerprint density at radius 2 is 1.73 bits per heavy atom. The summed E-state index contributed by atoms with van der Waals surface area (Å²) in [5.41, 5.74) is 0.773. The van der Waals surface area contributed by atoms with Crippen LogP contribution in [0.1, 0.15) is 32.8 Å². The molecule has 3 amide bonds. The van der Waals surface area contributed by atoms with Gasteiger partial charge in [0, 0.05) is 0 Å². The van der Waals surface area contributed by atoms with Crippen molar-refractivity contribution in [2.75, 3.05) is 5.75 Å². The highest BCUT2D eigenvalue weighted by Crippen LogP contribution is 2.07. The molecule has 37 heavy (non-hydrogen) atoms. The summed E-state index contributed by atoms with van der Waals surface area (Å²) in [6.45, 7) is 4.80. The minimum Gasteiger partial charge on any atom is -0.481 e. The van der Waals surface area contributed by atoms with Crippen LogP contribution >= 0.6 is 11.9 Å². The molecule has 0 unspecified atom stereocenters. The quantitative estimate of drug-likeness (QED) is 0.257. The Morgan fingerprint density at radius 3 is 2.32 bits per heavy atom. The molecule has 1 aromatic heterocycles. The fraction of sp³-hybridized carbons (Fsp3) is 0.455. The Hall–Kier alpha value is -4.01. The number of carboxylic acid groups (broad SMARTS) is 1. The third-order valence-corrected chi connectivity index (χ3v) is 5.79. The smallest absolute Gasteiger partial charge is 0.408 e. The number of ketones is 1. The minimum atomic E-state index is -1.33. The monoisotopic (exact) mass is 535 g/mol. The summed E-state index contributed by atoms with van der Waals surface area (Å²) in [5, 5.41) is 26.9. The Bertz CT molecular complexity index is 1070. The zero-order valence-corrected chi connectivity index (χ0v) is 21.3. The van der Waals surface area contributed by atoms with E-state index in [1.807, 2.05) is 6.07 Å². The number of ether oxygens (including phenoxy) is 1. The van der Waals surface area contributed by atoms with Crippen LogP contribution in [0.4, 0.5) is 4.79 Å². The molecule has 0 bridgehead atoms. The van der Waals surface area contributed by atoms with Gasteiger partial charge in [0.15, 0.2) is 12.1 Å². The van der Waals surface area contributed by atoms with Crippen LogP contribution in [0.25, 0.3) is 0 Å². The first kappa shape index (κ1) is 29.2. The highest BCUT2D eigenvalue weighted by Gasteiger charge is 2.30. The summed E-state index contributed by atoms with van der Waals surface area (Å²) in [6.07, 6.45) is -0.191. The van der Waals surface area contributed by atoms with E-state index in [0.29, 0.717) is 0 Å². The molecule has 2 aromatic rings. The zero-order valence-electron chi connectivity index (χ0n) is 20.5. The van der Waals surface area contributed by atoms with Crippen molar-refractivity contribution in [3.63, 3.8) is 0 Å². The van der Waals surface area contributed by atoms with Crippen molar-refractivity contribution in [2.24, 2.45) is 5.92 Å². The number of amides is 3. The Morgan fingerprint density at radius 1 is 1.03 bits per heavy atom. The molecule has 200 valence electrons. The maximum absolute atomic E-state index is 12.8. The Labute approximate surface area is 217 Å². The number of benzene rings is 1. The van der Waals surface area contributed by atoms with Crippen LogP contribution in [0.2, 0.25) is 0 Å². The second kappa shape index (κ2) is 14.5. The number of Topliss-reactive ketones (excluding diaryl/α,β-unsaturated/α-hetero) is 1. The molecule has 0 saturated carbocycles. The van der Waals surface area contributed by atoms with Crippen LogP contribution < -0.4 is 16.0 Å². The van der Waals surface area contributed by atoms with Crippen molar-refractivity contribution in [1.82, 2.24) is 35.6 Å². The molecule has 1 aromatic carbocycles. The van der Waals surface area contributed by atoms with E-state index in [2.05, 4.69) is 31.5 Å². The molecule has 0 aliphatic rings. The fourth-order valence-electron chi connectivity index (χ4n) is 2.95. The van der Waals surface area contributed by atoms with E-state index in [9.17, 15) is 24.0 Å². The molecule has 0 fully saturated rings. The molecule has 0 aliphatic heterocycles. The summed E-state index contributed by atoms with van der Waals surface area (Å²) in [5.74, 6) is -3.82. The molecular weight excluding hydrogens is 506 g/mol. The van der Waals surface area contributed by atoms with Crippen LogP contribution in [0.5, 0.6) is 0 Å². The molecule has 0 spiro atoms. The molecular formula is C22H29N7O7S. The largest absolute Gasteiger partial charge is 0.481 e. The van der Waals surface area contributed by atoms with Crippen LogP contribution in [-0.2, 0) is 30.5 Å². The van der Waals surface area contributed by atoms with Gasteiger partial charge in [-0.1, -0.05) is 44.2 Å². The lowest BCUT2D eigenvalue weighted by Crippen LogP contribution is -2.56. The number of carbonyl (C=O) groups is 5. The number of carbonyl (C=O) groups excluding carboxylic acids is 4. The number of nitrogens with zero attached hydrogens (tertiary/aromatic N) is 4. The molecule has 14 nitrogen and oxygen atoms in total. The van der Waals surface area contributed by atoms with Crippen molar-refractivity contribution in [3.8, 4) is 0 Å². The third-order valence-electron chi connectivity index (χ3n) is 4.94. The van der Waals surface area contributed by atoms with Crippen molar-refractivity contribution in [1.29, 1.82) is 0 Å². The van der Waals surface area contributed by atoms with Crippen molar-refractivity contribution >= 4 is 41.6 Å². The summed E-state index contributed by atoms with van der Waals surface area (Å²) in [7, 11) is 0. The number of carboxylic acids is 1. The third kappa shape index (κ3) is 10.2. The summed E-state index contributed by atoms with van der Waals surface area (Å²) in [6, 6.07) is 5.52. The molecule has 4 N–H and O–H groups in total. The number of nitrogens with one attached hydrogen (secondary N) is 3. The van der Waals surface area contributed by atoms with Crippen LogP contribution in [0.15, 0.2) is 36.7 Å². The zero-order chi connectivity index (χ0) is 27.4. The number of aliphatic carboxylic acids is 1. The molecule has 0 saturated heterocycles. The van der Waals surface area contributed by atoms with Crippen molar-refractivity contribution < 1.29 is 33.8 Å². The van der Waals surface area contributed by atoms with Crippen LogP contribution in [0.3, 0.4) is 0 Å². The standard InChI is InChI=1S/C22H29N7O7S/c1-13(2)19(26-22(35)36-10-15-7-5-4-6-8-15)21(34)24-14(3)20(33)25-16(9-18(31)32)17(30)11-37-29-12-23-27-28-29/h4-8,12-14,16,19H,9-11H2,1-3H3,(H,24,34)(H,25,33)(H,26,35)(H,31,32)/t14-,16-,19-/m0/s1. The van der Waals surface area contributed by atoms with Crippen LogP contribution in [-0.4, -0.2) is 78.3 Å². The van der Waals surface area contributed by atoms with E-state index >= 15 is 0 Å². The second-order valence-electron chi connectivity index (χ2n) is 8.27. The van der Waals surface area contributed by atoms with Crippen molar-refractivity contribution in [2.45, 2.75) is 51.9 Å². The first-order valence-electron chi connectivity index (χ1n) is 11.3. The van der Waals surface area contributed by atoms with Gasteiger partial charge in [0.25, 0.3) is 0 Å². The number of hydrogen-bond donors (Lipinski definition) is 4. The van der Waals surface area contributed by atoms with Gasteiger partial charge in [0.05, 0.1) is 18.2 Å². The van der Waals surface area contributed by atoms with Crippen LogP contribution in [0, 0.1) is 5.92 Å².